The third-order valence-corrected chi connectivity index (χ3v) is 2.55. The van der Waals surface area contributed by atoms with Crippen LogP contribution in [0.15, 0.2) is 0 Å². The lowest BCUT2D eigenvalue weighted by atomic mass is 9.97. The van der Waals surface area contributed by atoms with E-state index in [1.807, 2.05) is 0 Å². The van der Waals surface area contributed by atoms with Crippen LogP contribution in [0, 0.1) is 12.8 Å². The lowest BCUT2D eigenvalue weighted by Gasteiger charge is -2.16. The Labute approximate surface area is 101 Å². The molecule has 1 aliphatic rings. The van der Waals surface area contributed by atoms with Gasteiger partial charge in [0.2, 0.25) is 0 Å². The second-order valence-corrected chi connectivity index (χ2v) is 3.82. The van der Waals surface area contributed by atoms with Crippen LogP contribution in [0.1, 0.15) is 26.7 Å². The number of carbonyl (C=O) groups is 2. The Balaban J connectivity index is 2.55. The van der Waals surface area contributed by atoms with Gasteiger partial charge in [0.1, 0.15) is 0 Å². The number of ether oxygens (including phenoxy) is 3. The van der Waals surface area contributed by atoms with Gasteiger partial charge >= 0.3 is 11.9 Å². The van der Waals surface area contributed by atoms with Gasteiger partial charge in [-0.2, -0.15) is 0 Å². The van der Waals surface area contributed by atoms with Gasteiger partial charge in [-0.1, -0.05) is 0 Å². The van der Waals surface area contributed by atoms with Gasteiger partial charge in [-0.3, -0.25) is 9.59 Å². The van der Waals surface area contributed by atoms with E-state index in [0.717, 1.165) is 0 Å². The van der Waals surface area contributed by atoms with Gasteiger partial charge < -0.3 is 14.2 Å². The van der Waals surface area contributed by atoms with Crippen molar-refractivity contribution in [2.24, 2.45) is 5.92 Å². The molecule has 0 saturated carbocycles. The molecular weight excluding hydrogens is 224 g/mol. The Hall–Kier alpha value is -1.10. The summed E-state index contributed by atoms with van der Waals surface area (Å²) >= 11 is 0. The highest BCUT2D eigenvalue weighted by molar-refractivity contribution is 5.76. The summed E-state index contributed by atoms with van der Waals surface area (Å²) in [6, 6.07) is 0. The van der Waals surface area contributed by atoms with E-state index in [-0.39, 0.29) is 18.4 Å². The molecule has 0 aromatic carbocycles. The molecule has 1 aliphatic heterocycles. The van der Waals surface area contributed by atoms with Crippen LogP contribution in [0.2, 0.25) is 0 Å². The topological polar surface area (TPSA) is 61.8 Å². The van der Waals surface area contributed by atoms with E-state index in [1.54, 1.807) is 13.8 Å². The van der Waals surface area contributed by atoms with Crippen LogP contribution in [0.25, 0.3) is 0 Å². The number of esters is 2. The Kier molecular flexibility index (Phi) is 5.41. The van der Waals surface area contributed by atoms with Crippen molar-refractivity contribution in [2.45, 2.75) is 38.9 Å². The first-order valence-corrected chi connectivity index (χ1v) is 5.81. The number of carbonyl (C=O) groups excluding carboxylic acids is 2. The Morgan fingerprint density at radius 3 is 2.53 bits per heavy atom. The van der Waals surface area contributed by atoms with Crippen molar-refractivity contribution >= 4 is 11.9 Å². The largest absolute Gasteiger partial charge is 0.466 e. The van der Waals surface area contributed by atoms with Crippen molar-refractivity contribution in [2.75, 3.05) is 13.2 Å². The SMILES string of the molecule is [CH][C@H]1C[C@@H](C(=O)OCC)[C@@H](CC(=O)OCC)O1. The van der Waals surface area contributed by atoms with Gasteiger partial charge in [0.25, 0.3) is 0 Å². The highest BCUT2D eigenvalue weighted by atomic mass is 16.6. The number of hydrogen-bond acceptors (Lipinski definition) is 5. The van der Waals surface area contributed by atoms with Crippen molar-refractivity contribution in [3.8, 4) is 0 Å². The second kappa shape index (κ2) is 6.59. The molecule has 0 N–H and O–H groups in total. The van der Waals surface area contributed by atoms with E-state index in [1.165, 1.54) is 0 Å². The van der Waals surface area contributed by atoms with E-state index in [2.05, 4.69) is 0 Å². The van der Waals surface area contributed by atoms with Crippen LogP contribution < -0.4 is 0 Å². The minimum atomic E-state index is -0.539. The molecule has 5 nitrogen and oxygen atoms in total. The van der Waals surface area contributed by atoms with Crippen molar-refractivity contribution < 1.29 is 23.8 Å². The molecule has 1 fully saturated rings. The summed E-state index contributed by atoms with van der Waals surface area (Å²) in [5.41, 5.74) is 0. The lowest BCUT2D eigenvalue weighted by Crippen LogP contribution is -2.29. The van der Waals surface area contributed by atoms with E-state index in [4.69, 9.17) is 21.1 Å². The first kappa shape index (κ1) is 14.0. The summed E-state index contributed by atoms with van der Waals surface area (Å²) in [5, 5.41) is 0. The number of hydrogen-bond donors (Lipinski definition) is 0. The minimum Gasteiger partial charge on any atom is -0.466 e. The van der Waals surface area contributed by atoms with Crippen molar-refractivity contribution in [3.05, 3.63) is 6.92 Å². The molecule has 0 aromatic rings. The van der Waals surface area contributed by atoms with E-state index in [0.29, 0.717) is 19.6 Å². The lowest BCUT2D eigenvalue weighted by molar-refractivity contribution is -0.152. The summed E-state index contributed by atoms with van der Waals surface area (Å²) in [6.45, 7) is 9.68. The van der Waals surface area contributed by atoms with Crippen LogP contribution in [0.5, 0.6) is 0 Å². The van der Waals surface area contributed by atoms with Gasteiger partial charge in [-0.05, 0) is 27.2 Å². The maximum atomic E-state index is 11.6. The van der Waals surface area contributed by atoms with E-state index < -0.39 is 18.1 Å². The average Bonchev–Trinajstić information content (AvgIpc) is 2.60. The monoisotopic (exact) mass is 242 g/mol. The molecule has 0 amide bonds. The zero-order valence-corrected chi connectivity index (χ0v) is 10.2. The Bertz CT molecular complexity index is 276. The third-order valence-electron chi connectivity index (χ3n) is 2.55. The molecule has 1 heterocycles. The van der Waals surface area contributed by atoms with Crippen LogP contribution in [-0.4, -0.2) is 37.4 Å². The quantitative estimate of drug-likeness (QED) is 0.673. The maximum absolute atomic E-state index is 11.6. The smallest absolute Gasteiger partial charge is 0.311 e. The molecule has 0 unspecified atom stereocenters. The normalized spacial score (nSPS) is 27.8. The predicted octanol–water partition coefficient (Wildman–Crippen LogP) is 0.987. The molecule has 2 radical (unpaired) electrons. The molecule has 0 aliphatic carbocycles. The first-order valence-electron chi connectivity index (χ1n) is 5.81. The summed E-state index contributed by atoms with van der Waals surface area (Å²) in [5.74, 6) is -1.23. The second-order valence-electron chi connectivity index (χ2n) is 3.82. The van der Waals surface area contributed by atoms with Gasteiger partial charge in [-0.25, -0.2) is 0 Å². The van der Waals surface area contributed by atoms with E-state index >= 15 is 0 Å². The van der Waals surface area contributed by atoms with E-state index in [9.17, 15) is 9.59 Å². The third kappa shape index (κ3) is 4.00. The Morgan fingerprint density at radius 2 is 1.94 bits per heavy atom. The predicted molar refractivity (Wildman–Crippen MR) is 59.0 cm³/mol. The molecule has 96 valence electrons. The van der Waals surface area contributed by atoms with Crippen molar-refractivity contribution in [3.63, 3.8) is 0 Å². The summed E-state index contributed by atoms with van der Waals surface area (Å²) in [7, 11) is 0. The zero-order chi connectivity index (χ0) is 12.8. The molecule has 5 heteroatoms. The first-order chi connectivity index (χ1) is 8.08. The fourth-order valence-electron chi connectivity index (χ4n) is 1.85. The van der Waals surface area contributed by atoms with Crippen LogP contribution in [0.4, 0.5) is 0 Å². The highest BCUT2D eigenvalue weighted by Gasteiger charge is 2.40. The van der Waals surface area contributed by atoms with Crippen LogP contribution in [-0.2, 0) is 23.8 Å². The van der Waals surface area contributed by atoms with Crippen molar-refractivity contribution in [1.82, 2.24) is 0 Å². The van der Waals surface area contributed by atoms with Crippen molar-refractivity contribution in [1.29, 1.82) is 0 Å². The molecule has 0 spiro atoms. The summed E-state index contributed by atoms with van der Waals surface area (Å²) in [4.78, 5) is 23.0. The molecule has 1 saturated heterocycles. The molecule has 17 heavy (non-hydrogen) atoms. The van der Waals surface area contributed by atoms with Crippen LogP contribution in [0.3, 0.4) is 0 Å². The van der Waals surface area contributed by atoms with Gasteiger partial charge in [0.15, 0.2) is 0 Å². The Morgan fingerprint density at radius 1 is 1.29 bits per heavy atom. The van der Waals surface area contributed by atoms with Gasteiger partial charge in [0, 0.05) is 0 Å². The summed E-state index contributed by atoms with van der Waals surface area (Å²) in [6.07, 6.45) is -0.652. The molecule has 0 bridgehead atoms. The maximum Gasteiger partial charge on any atom is 0.311 e. The summed E-state index contributed by atoms with van der Waals surface area (Å²) < 4.78 is 15.1. The molecule has 3 atom stereocenters. The van der Waals surface area contributed by atoms with Gasteiger partial charge in [-0.15, -0.1) is 0 Å². The fourth-order valence-corrected chi connectivity index (χ4v) is 1.85. The van der Waals surface area contributed by atoms with Crippen LogP contribution >= 0.6 is 0 Å². The molecular formula is C12H18O5. The minimum absolute atomic E-state index is 0.0328. The molecule has 0 aromatic heterocycles. The van der Waals surface area contributed by atoms with Gasteiger partial charge in [0.05, 0.1) is 37.8 Å². The highest BCUT2D eigenvalue weighted by Crippen LogP contribution is 2.29. The zero-order valence-electron chi connectivity index (χ0n) is 10.2. The number of rotatable bonds is 5. The molecule has 1 rings (SSSR count). The average molecular weight is 242 g/mol. The fraction of sp³-hybridized carbons (Fsp3) is 0.750. The standard InChI is InChI=1S/C12H18O5/c1-4-15-11(13)7-10-9(6-8(3)17-10)12(14)16-5-2/h3,8-10H,4-7H2,1-2H3/t8-,9+,10+/m0/s1.